The van der Waals surface area contributed by atoms with Gasteiger partial charge in [0.05, 0.1) is 5.69 Å². The highest BCUT2D eigenvalue weighted by Gasteiger charge is 1.98. The number of hydrogen-bond acceptors (Lipinski definition) is 1. The number of aryl methyl sites for hydroxylation is 1. The quantitative estimate of drug-likeness (QED) is 0.561. The Hall–Kier alpha value is -1.10. The lowest BCUT2D eigenvalue weighted by Crippen LogP contribution is -1.95. The molecule has 2 rings (SSSR count). The molecule has 0 radical (unpaired) electrons. The number of aromatic nitrogens is 1. The predicted molar refractivity (Wildman–Crippen MR) is 86.0 cm³/mol. The van der Waals surface area contributed by atoms with Crippen LogP contribution >= 0.6 is 22.6 Å². The highest BCUT2D eigenvalue weighted by Crippen LogP contribution is 2.19. The third-order valence-electron chi connectivity index (χ3n) is 2.84. The number of rotatable bonds is 3. The van der Waals surface area contributed by atoms with E-state index < -0.39 is 0 Å². The summed E-state index contributed by atoms with van der Waals surface area (Å²) in [6.45, 7) is 6.45. The zero-order chi connectivity index (χ0) is 13.1. The summed E-state index contributed by atoms with van der Waals surface area (Å²) in [4.78, 5) is 4.51. The lowest BCUT2D eigenvalue weighted by atomic mass is 10.2. The van der Waals surface area contributed by atoms with Crippen LogP contribution in [-0.4, -0.2) is 10.8 Å². The highest BCUT2D eigenvalue weighted by molar-refractivity contribution is 14.1. The first-order valence-corrected chi connectivity index (χ1v) is 7.12. The number of hydrogen-bond donors (Lipinski definition) is 0. The number of benzene rings is 1. The minimum atomic E-state index is 0.493. The molecule has 1 aromatic carbocycles. The van der Waals surface area contributed by atoms with Gasteiger partial charge in [-0.3, -0.25) is 4.99 Å². The Balaban J connectivity index is 2.16. The molecule has 0 amide bonds. The summed E-state index contributed by atoms with van der Waals surface area (Å²) in [5, 5.41) is 0. The molecule has 18 heavy (non-hydrogen) atoms. The number of nitrogens with zero attached hydrogens (tertiary/aromatic N) is 2. The molecule has 0 fully saturated rings. The molecule has 2 aromatic rings. The van der Waals surface area contributed by atoms with E-state index in [4.69, 9.17) is 0 Å². The van der Waals surface area contributed by atoms with Crippen molar-refractivity contribution in [2.45, 2.75) is 26.8 Å². The highest BCUT2D eigenvalue weighted by atomic mass is 127. The number of aliphatic imine (C=N–C) groups is 1. The first-order valence-electron chi connectivity index (χ1n) is 6.04. The maximum absolute atomic E-state index is 4.51. The molecule has 0 bridgehead atoms. The van der Waals surface area contributed by atoms with Gasteiger partial charge in [0, 0.05) is 33.8 Å². The zero-order valence-corrected chi connectivity index (χ0v) is 13.0. The monoisotopic (exact) mass is 352 g/mol. The second-order valence-electron chi connectivity index (χ2n) is 4.68. The average molecular weight is 352 g/mol. The van der Waals surface area contributed by atoms with Crippen molar-refractivity contribution in [3.63, 3.8) is 0 Å². The summed E-state index contributed by atoms with van der Waals surface area (Å²) in [6, 6.07) is 8.83. The third kappa shape index (κ3) is 3.22. The molecule has 2 nitrogen and oxygen atoms in total. The summed E-state index contributed by atoms with van der Waals surface area (Å²) < 4.78 is 3.46. The Kier molecular flexibility index (Phi) is 4.22. The van der Waals surface area contributed by atoms with E-state index in [1.165, 1.54) is 9.13 Å². The fourth-order valence-corrected chi connectivity index (χ4v) is 2.02. The summed E-state index contributed by atoms with van der Waals surface area (Å²) >= 11 is 2.34. The van der Waals surface area contributed by atoms with Crippen molar-refractivity contribution in [1.29, 1.82) is 0 Å². The van der Waals surface area contributed by atoms with Crippen molar-refractivity contribution < 1.29 is 0 Å². The molecule has 0 aliphatic carbocycles. The van der Waals surface area contributed by atoms with Gasteiger partial charge in [0.15, 0.2) is 0 Å². The zero-order valence-electron chi connectivity index (χ0n) is 10.9. The van der Waals surface area contributed by atoms with E-state index >= 15 is 0 Å². The molecule has 94 valence electrons. The van der Waals surface area contributed by atoms with E-state index in [9.17, 15) is 0 Å². The summed E-state index contributed by atoms with van der Waals surface area (Å²) in [5.74, 6) is 0. The summed E-state index contributed by atoms with van der Waals surface area (Å²) in [5.41, 5.74) is 3.41. The predicted octanol–water partition coefficient (Wildman–Crippen LogP) is 4.73. The van der Waals surface area contributed by atoms with Crippen LogP contribution in [0.3, 0.4) is 0 Å². The van der Waals surface area contributed by atoms with Crippen molar-refractivity contribution in [1.82, 2.24) is 4.57 Å². The van der Waals surface area contributed by atoms with E-state index in [1.807, 2.05) is 12.3 Å². The van der Waals surface area contributed by atoms with E-state index in [0.717, 1.165) is 11.3 Å². The Morgan fingerprint density at radius 3 is 2.67 bits per heavy atom. The van der Waals surface area contributed by atoms with Crippen LogP contribution in [0.25, 0.3) is 0 Å². The minimum Gasteiger partial charge on any atom is -0.351 e. The normalized spacial score (nSPS) is 11.6. The van der Waals surface area contributed by atoms with Crippen LogP contribution in [0.15, 0.2) is 41.7 Å². The van der Waals surface area contributed by atoms with E-state index in [-0.39, 0.29) is 0 Å². The molecule has 0 atom stereocenters. The van der Waals surface area contributed by atoms with Gasteiger partial charge in [-0.25, -0.2) is 0 Å². The smallest absolute Gasteiger partial charge is 0.0633 e. The molecule has 0 saturated heterocycles. The molecule has 0 spiro atoms. The molecule has 3 heteroatoms. The van der Waals surface area contributed by atoms with Gasteiger partial charge < -0.3 is 4.57 Å². The van der Waals surface area contributed by atoms with Gasteiger partial charge in [0.2, 0.25) is 0 Å². The maximum Gasteiger partial charge on any atom is 0.0633 e. The van der Waals surface area contributed by atoms with Crippen LogP contribution in [0.4, 0.5) is 5.69 Å². The first-order chi connectivity index (χ1) is 8.56. The van der Waals surface area contributed by atoms with E-state index in [2.05, 4.69) is 83.5 Å². The summed E-state index contributed by atoms with van der Waals surface area (Å²) in [7, 11) is 0. The van der Waals surface area contributed by atoms with Crippen LogP contribution in [0.2, 0.25) is 0 Å². The average Bonchev–Trinajstić information content (AvgIpc) is 2.79. The van der Waals surface area contributed by atoms with Gasteiger partial charge in [-0.2, -0.15) is 0 Å². The lowest BCUT2D eigenvalue weighted by Gasteiger charge is -2.04. The van der Waals surface area contributed by atoms with Crippen molar-refractivity contribution in [3.05, 3.63) is 51.4 Å². The Morgan fingerprint density at radius 2 is 2.06 bits per heavy atom. The summed E-state index contributed by atoms with van der Waals surface area (Å²) in [6.07, 6.45) is 6.12. The first kappa shape index (κ1) is 13.3. The molecule has 0 unspecified atom stereocenters. The van der Waals surface area contributed by atoms with Crippen LogP contribution < -0.4 is 0 Å². The maximum atomic E-state index is 4.51. The van der Waals surface area contributed by atoms with E-state index in [0.29, 0.717) is 6.04 Å². The lowest BCUT2D eigenvalue weighted by molar-refractivity contribution is 0.603. The fraction of sp³-hybridized carbons (Fsp3) is 0.267. The standard InChI is InChI=1S/C15H17IN2/c1-11(2)18-7-6-13(10-18)9-17-14-4-5-15(16)12(3)8-14/h4-11H,1-3H3. The van der Waals surface area contributed by atoms with Gasteiger partial charge in [0.25, 0.3) is 0 Å². The molecule has 1 heterocycles. The van der Waals surface area contributed by atoms with Crippen molar-refractivity contribution in [2.24, 2.45) is 4.99 Å². The van der Waals surface area contributed by atoms with Crippen molar-refractivity contribution in [2.75, 3.05) is 0 Å². The molecular weight excluding hydrogens is 335 g/mol. The molecular formula is C15H17IN2. The molecule has 0 aliphatic heterocycles. The molecule has 0 saturated carbocycles. The van der Waals surface area contributed by atoms with Crippen LogP contribution in [0, 0.1) is 10.5 Å². The Bertz CT molecular complexity index is 568. The molecule has 0 N–H and O–H groups in total. The van der Waals surface area contributed by atoms with Crippen LogP contribution in [0.5, 0.6) is 0 Å². The second-order valence-corrected chi connectivity index (χ2v) is 5.84. The topological polar surface area (TPSA) is 17.3 Å². The van der Waals surface area contributed by atoms with Gasteiger partial charge >= 0.3 is 0 Å². The van der Waals surface area contributed by atoms with E-state index in [1.54, 1.807) is 0 Å². The Morgan fingerprint density at radius 1 is 1.28 bits per heavy atom. The largest absolute Gasteiger partial charge is 0.351 e. The van der Waals surface area contributed by atoms with Gasteiger partial charge in [0.1, 0.15) is 0 Å². The van der Waals surface area contributed by atoms with Crippen molar-refractivity contribution in [3.8, 4) is 0 Å². The van der Waals surface area contributed by atoms with Gasteiger partial charge in [-0.05, 0) is 73.2 Å². The Labute approximate surface area is 122 Å². The third-order valence-corrected chi connectivity index (χ3v) is 4.05. The minimum absolute atomic E-state index is 0.493. The molecule has 1 aromatic heterocycles. The van der Waals surface area contributed by atoms with Crippen LogP contribution in [0.1, 0.15) is 31.0 Å². The second kappa shape index (κ2) is 5.69. The number of halogens is 1. The SMILES string of the molecule is Cc1cc(N=Cc2ccn(C(C)C)c2)ccc1I. The van der Waals surface area contributed by atoms with Crippen LogP contribution in [-0.2, 0) is 0 Å². The fourth-order valence-electron chi connectivity index (χ4n) is 1.69. The van der Waals surface area contributed by atoms with Crippen molar-refractivity contribution >= 4 is 34.5 Å². The van der Waals surface area contributed by atoms with Gasteiger partial charge in [-0.1, -0.05) is 0 Å². The molecule has 0 aliphatic rings. The van der Waals surface area contributed by atoms with Gasteiger partial charge in [-0.15, -0.1) is 0 Å².